The molecular weight excluding hydrogens is 388 g/mol. The van der Waals surface area contributed by atoms with Crippen molar-refractivity contribution in [1.82, 2.24) is 0 Å². The van der Waals surface area contributed by atoms with Gasteiger partial charge in [0.15, 0.2) is 0 Å². The summed E-state index contributed by atoms with van der Waals surface area (Å²) in [7, 11) is 0. The van der Waals surface area contributed by atoms with Gasteiger partial charge in [0.1, 0.15) is 0 Å². The fraction of sp³-hybridized carbons (Fsp3) is 0.158. The Balaban J connectivity index is 1.89. The number of benzene rings is 3. The van der Waals surface area contributed by atoms with Crippen molar-refractivity contribution in [2.75, 3.05) is 0 Å². The number of alkyl halides is 1. The van der Waals surface area contributed by atoms with E-state index in [2.05, 4.69) is 99.4 Å². The minimum Gasteiger partial charge on any atom is -0.0835 e. The van der Waals surface area contributed by atoms with Gasteiger partial charge in [-0.1, -0.05) is 80.4 Å². The Kier molecular flexibility index (Phi) is 4.46. The quantitative estimate of drug-likeness (QED) is 0.432. The molecule has 106 valence electrons. The Hall–Kier alpha value is -1.12. The van der Waals surface area contributed by atoms with Crippen LogP contribution >= 0.6 is 31.9 Å². The average Bonchev–Trinajstić information content (AvgIpc) is 2.49. The van der Waals surface area contributed by atoms with Crippen LogP contribution in [0.2, 0.25) is 0 Å². The highest BCUT2D eigenvalue weighted by Gasteiger charge is 2.10. The summed E-state index contributed by atoms with van der Waals surface area (Å²) in [5, 5.41) is 2.55. The second-order valence-corrected chi connectivity index (χ2v) is 7.37. The number of fused-ring (bicyclic) bond motifs is 1. The lowest BCUT2D eigenvalue weighted by Gasteiger charge is -2.13. The molecule has 0 aliphatic carbocycles. The topological polar surface area (TPSA) is 0 Å². The third kappa shape index (κ3) is 3.38. The van der Waals surface area contributed by atoms with Gasteiger partial charge in [-0.2, -0.15) is 0 Å². The fourth-order valence-corrected chi connectivity index (χ4v) is 3.59. The Bertz CT molecular complexity index is 777. The van der Waals surface area contributed by atoms with Crippen LogP contribution in [0.15, 0.2) is 65.1 Å². The van der Waals surface area contributed by atoms with Crippen molar-refractivity contribution in [3.63, 3.8) is 0 Å². The van der Waals surface area contributed by atoms with Crippen LogP contribution in [-0.2, 0) is 6.42 Å². The molecule has 1 unspecified atom stereocenters. The Morgan fingerprint density at radius 1 is 0.905 bits per heavy atom. The third-order valence-corrected chi connectivity index (χ3v) is 5.19. The number of halogens is 2. The van der Waals surface area contributed by atoms with Crippen LogP contribution in [0.4, 0.5) is 0 Å². The maximum Gasteiger partial charge on any atom is 0.0435 e. The molecule has 0 aliphatic heterocycles. The molecule has 0 amide bonds. The van der Waals surface area contributed by atoms with Crippen LogP contribution in [0.25, 0.3) is 10.8 Å². The SMILES string of the molecule is Cc1ccccc1CC(Br)c1ccc2cc(Br)ccc2c1. The van der Waals surface area contributed by atoms with Gasteiger partial charge >= 0.3 is 0 Å². The zero-order valence-corrected chi connectivity index (χ0v) is 15.0. The molecule has 3 rings (SSSR count). The zero-order valence-electron chi connectivity index (χ0n) is 11.8. The number of hydrogen-bond donors (Lipinski definition) is 0. The van der Waals surface area contributed by atoms with Crippen LogP contribution in [0.5, 0.6) is 0 Å². The Morgan fingerprint density at radius 2 is 1.62 bits per heavy atom. The summed E-state index contributed by atoms with van der Waals surface area (Å²) in [4.78, 5) is 0.339. The Labute approximate surface area is 142 Å². The highest BCUT2D eigenvalue weighted by Crippen LogP contribution is 2.31. The Morgan fingerprint density at radius 3 is 2.43 bits per heavy atom. The van der Waals surface area contributed by atoms with E-state index in [0.717, 1.165) is 10.9 Å². The number of rotatable bonds is 3. The average molecular weight is 404 g/mol. The highest BCUT2D eigenvalue weighted by molar-refractivity contribution is 9.10. The van der Waals surface area contributed by atoms with Crippen LogP contribution in [0.1, 0.15) is 21.5 Å². The molecule has 0 bridgehead atoms. The van der Waals surface area contributed by atoms with Gasteiger partial charge in [0, 0.05) is 9.30 Å². The summed E-state index contributed by atoms with van der Waals surface area (Å²) in [5.41, 5.74) is 4.08. The minimum atomic E-state index is 0.339. The fourth-order valence-electron chi connectivity index (χ4n) is 2.58. The van der Waals surface area contributed by atoms with Gasteiger partial charge in [0.2, 0.25) is 0 Å². The van der Waals surface area contributed by atoms with Crippen molar-refractivity contribution in [3.8, 4) is 0 Å². The van der Waals surface area contributed by atoms with E-state index in [0.29, 0.717) is 4.83 Å². The lowest BCUT2D eigenvalue weighted by Crippen LogP contribution is -1.97. The van der Waals surface area contributed by atoms with Gasteiger partial charge in [-0.05, 0) is 52.9 Å². The van der Waals surface area contributed by atoms with E-state index < -0.39 is 0 Å². The molecule has 2 heteroatoms. The van der Waals surface area contributed by atoms with Crippen molar-refractivity contribution < 1.29 is 0 Å². The molecule has 1 atom stereocenters. The molecule has 0 N–H and O–H groups in total. The number of hydrogen-bond acceptors (Lipinski definition) is 0. The molecule has 0 aromatic heterocycles. The summed E-state index contributed by atoms with van der Waals surface area (Å²) >= 11 is 7.37. The summed E-state index contributed by atoms with van der Waals surface area (Å²) in [5.74, 6) is 0. The first-order valence-corrected chi connectivity index (χ1v) is 8.72. The van der Waals surface area contributed by atoms with E-state index in [-0.39, 0.29) is 0 Å². The van der Waals surface area contributed by atoms with E-state index in [9.17, 15) is 0 Å². The van der Waals surface area contributed by atoms with Crippen LogP contribution < -0.4 is 0 Å². The van der Waals surface area contributed by atoms with Crippen molar-refractivity contribution in [1.29, 1.82) is 0 Å². The molecule has 3 aromatic carbocycles. The molecule has 0 aliphatic rings. The van der Waals surface area contributed by atoms with Crippen molar-refractivity contribution in [2.45, 2.75) is 18.2 Å². The first-order chi connectivity index (χ1) is 10.1. The first-order valence-electron chi connectivity index (χ1n) is 7.01. The normalized spacial score (nSPS) is 12.5. The first kappa shape index (κ1) is 14.8. The van der Waals surface area contributed by atoms with Gasteiger partial charge in [-0.15, -0.1) is 0 Å². The summed E-state index contributed by atoms with van der Waals surface area (Å²) in [6, 6.07) is 21.7. The predicted molar refractivity (Wildman–Crippen MR) is 98.2 cm³/mol. The largest absolute Gasteiger partial charge is 0.0835 e. The molecular formula is C19H16Br2. The smallest absolute Gasteiger partial charge is 0.0435 e. The molecule has 0 saturated heterocycles. The second kappa shape index (κ2) is 6.33. The summed E-state index contributed by atoms with van der Waals surface area (Å²) in [6.45, 7) is 2.17. The standard InChI is InChI=1S/C19H16Br2/c1-13-4-2-3-5-14(13)12-19(21)17-7-6-16-11-18(20)9-8-15(16)10-17/h2-11,19H,12H2,1H3. The summed E-state index contributed by atoms with van der Waals surface area (Å²) < 4.78 is 1.12. The minimum absolute atomic E-state index is 0.339. The zero-order chi connectivity index (χ0) is 14.8. The number of aryl methyl sites for hydroxylation is 1. The van der Waals surface area contributed by atoms with Crippen molar-refractivity contribution >= 4 is 42.6 Å². The third-order valence-electron chi connectivity index (χ3n) is 3.85. The molecule has 0 saturated carbocycles. The van der Waals surface area contributed by atoms with Crippen molar-refractivity contribution in [3.05, 3.63) is 81.8 Å². The van der Waals surface area contributed by atoms with Gasteiger partial charge in [-0.3, -0.25) is 0 Å². The van der Waals surface area contributed by atoms with Gasteiger partial charge in [0.05, 0.1) is 0 Å². The van der Waals surface area contributed by atoms with Gasteiger partial charge in [-0.25, -0.2) is 0 Å². The van der Waals surface area contributed by atoms with E-state index in [1.165, 1.54) is 27.5 Å². The molecule has 3 aromatic rings. The van der Waals surface area contributed by atoms with Gasteiger partial charge in [0.25, 0.3) is 0 Å². The van der Waals surface area contributed by atoms with E-state index in [1.807, 2.05) is 0 Å². The van der Waals surface area contributed by atoms with Crippen molar-refractivity contribution in [2.24, 2.45) is 0 Å². The van der Waals surface area contributed by atoms with Crippen LogP contribution in [0.3, 0.4) is 0 Å². The van der Waals surface area contributed by atoms with E-state index in [4.69, 9.17) is 0 Å². The monoisotopic (exact) mass is 402 g/mol. The molecule has 0 fully saturated rings. The second-order valence-electron chi connectivity index (χ2n) is 5.35. The molecule has 0 spiro atoms. The maximum atomic E-state index is 3.85. The highest BCUT2D eigenvalue weighted by atomic mass is 79.9. The van der Waals surface area contributed by atoms with E-state index in [1.54, 1.807) is 0 Å². The molecule has 0 heterocycles. The van der Waals surface area contributed by atoms with E-state index >= 15 is 0 Å². The van der Waals surface area contributed by atoms with Crippen LogP contribution in [-0.4, -0.2) is 0 Å². The summed E-state index contributed by atoms with van der Waals surface area (Å²) in [6.07, 6.45) is 1.01. The predicted octanol–water partition coefficient (Wildman–Crippen LogP) is 6.59. The lowest BCUT2D eigenvalue weighted by molar-refractivity contribution is 0.940. The lowest BCUT2D eigenvalue weighted by atomic mass is 9.99. The molecule has 0 radical (unpaired) electrons. The maximum absolute atomic E-state index is 3.85. The van der Waals surface area contributed by atoms with Gasteiger partial charge < -0.3 is 0 Å². The molecule has 21 heavy (non-hydrogen) atoms. The molecule has 0 nitrogen and oxygen atoms in total. The van der Waals surface area contributed by atoms with Crippen LogP contribution in [0, 0.1) is 6.92 Å².